The lowest BCUT2D eigenvalue weighted by atomic mass is 9.83. The molecule has 0 saturated heterocycles. The number of hydrogen-bond donors (Lipinski definition) is 0. The molecule has 72 valence electrons. The Morgan fingerprint density at radius 3 is 1.92 bits per heavy atom. The third kappa shape index (κ3) is 2.33. The summed E-state index contributed by atoms with van der Waals surface area (Å²) in [5.41, 5.74) is -0.773. The van der Waals surface area contributed by atoms with Crippen molar-refractivity contribution in [1.29, 1.82) is 0 Å². The first-order chi connectivity index (χ1) is 5.91. The average Bonchev–Trinajstić information content (AvgIpc) is 2.03. The van der Waals surface area contributed by atoms with Crippen LogP contribution in [0.1, 0.15) is 0 Å². The van der Waals surface area contributed by atoms with Gasteiger partial charge in [0.1, 0.15) is 0 Å². The van der Waals surface area contributed by atoms with E-state index in [1.165, 1.54) is 4.90 Å². The van der Waals surface area contributed by atoms with E-state index in [1.807, 2.05) is 0 Å². The van der Waals surface area contributed by atoms with Crippen molar-refractivity contribution in [3.8, 4) is 0 Å². The van der Waals surface area contributed by atoms with Gasteiger partial charge >= 0.3 is 6.98 Å². The summed E-state index contributed by atoms with van der Waals surface area (Å²) < 4.78 is 36.3. The van der Waals surface area contributed by atoms with Crippen molar-refractivity contribution in [2.75, 3.05) is 19.0 Å². The van der Waals surface area contributed by atoms with E-state index in [0.717, 1.165) is 12.4 Å². The highest BCUT2D eigenvalue weighted by atomic mass is 19.4. The minimum Gasteiger partial charge on any atom is -0.445 e. The zero-order valence-corrected chi connectivity index (χ0v) is 7.21. The predicted molar refractivity (Wildman–Crippen MR) is 45.1 cm³/mol. The fourth-order valence-electron chi connectivity index (χ4n) is 0.731. The van der Waals surface area contributed by atoms with Crippen molar-refractivity contribution in [2.24, 2.45) is 0 Å². The second-order valence-corrected chi connectivity index (χ2v) is 2.79. The van der Waals surface area contributed by atoms with E-state index in [4.69, 9.17) is 0 Å². The summed E-state index contributed by atoms with van der Waals surface area (Å²) in [6.45, 7) is -4.98. The number of anilines is 1. The molecule has 13 heavy (non-hydrogen) atoms. The van der Waals surface area contributed by atoms with E-state index in [9.17, 15) is 12.9 Å². The molecule has 0 fully saturated rings. The Morgan fingerprint density at radius 1 is 1.15 bits per heavy atom. The molecule has 0 radical (unpaired) electrons. The maximum absolute atomic E-state index is 12.1. The summed E-state index contributed by atoms with van der Waals surface area (Å²) in [5.74, 6) is 0.267. The van der Waals surface area contributed by atoms with Gasteiger partial charge in [-0.3, -0.25) is 0 Å². The van der Waals surface area contributed by atoms with Crippen LogP contribution >= 0.6 is 0 Å². The Kier molecular flexibility index (Phi) is 2.44. The van der Waals surface area contributed by atoms with E-state index in [0.29, 0.717) is 0 Å². The monoisotopic (exact) mass is 190 g/mol. The average molecular weight is 190 g/mol. The summed E-state index contributed by atoms with van der Waals surface area (Å²) in [6, 6.07) is 0. The van der Waals surface area contributed by atoms with Gasteiger partial charge < -0.3 is 17.8 Å². The first-order valence-corrected chi connectivity index (χ1v) is 3.60. The second kappa shape index (κ2) is 3.23. The Hall–Kier alpha value is -1.27. The third-order valence-electron chi connectivity index (χ3n) is 1.44. The van der Waals surface area contributed by atoms with Gasteiger partial charge in [-0.15, -0.1) is 0 Å². The lowest BCUT2D eigenvalue weighted by Crippen LogP contribution is -2.35. The highest BCUT2D eigenvalue weighted by molar-refractivity contribution is 6.73. The zero-order valence-electron chi connectivity index (χ0n) is 7.21. The van der Waals surface area contributed by atoms with Crippen molar-refractivity contribution in [3.05, 3.63) is 12.4 Å². The first-order valence-electron chi connectivity index (χ1n) is 3.60. The first kappa shape index (κ1) is 9.82. The van der Waals surface area contributed by atoms with Crippen molar-refractivity contribution in [2.45, 2.75) is 0 Å². The molecule has 0 spiro atoms. The standard InChI is InChI=1S/C6H8BF3N3/c1-13(2)6-11-3-5(4-12-6)7(8,9)10/h3-4H,1-2H3/q-1. The molecule has 0 saturated carbocycles. The fourth-order valence-corrected chi connectivity index (χ4v) is 0.731. The number of aromatic nitrogens is 2. The summed E-state index contributed by atoms with van der Waals surface area (Å²) >= 11 is 0. The van der Waals surface area contributed by atoms with Gasteiger partial charge in [0, 0.05) is 26.5 Å². The van der Waals surface area contributed by atoms with Crippen LogP contribution in [-0.4, -0.2) is 31.0 Å². The molecule has 0 unspecified atom stereocenters. The van der Waals surface area contributed by atoms with Crippen LogP contribution in [0.3, 0.4) is 0 Å². The molecule has 3 nitrogen and oxygen atoms in total. The number of rotatable bonds is 2. The third-order valence-corrected chi connectivity index (χ3v) is 1.44. The van der Waals surface area contributed by atoms with Crippen LogP contribution in [-0.2, 0) is 0 Å². The van der Waals surface area contributed by atoms with Gasteiger partial charge in [-0.25, -0.2) is 9.97 Å². The van der Waals surface area contributed by atoms with Gasteiger partial charge in [0.05, 0.1) is 0 Å². The van der Waals surface area contributed by atoms with Gasteiger partial charge in [-0.1, -0.05) is 5.46 Å². The lowest BCUT2D eigenvalue weighted by molar-refractivity contribution is 0.500. The summed E-state index contributed by atoms with van der Waals surface area (Å²) in [6.07, 6.45) is 1.59. The zero-order chi connectivity index (χ0) is 10.1. The van der Waals surface area contributed by atoms with Crippen LogP contribution in [0, 0.1) is 0 Å². The minimum absolute atomic E-state index is 0.267. The van der Waals surface area contributed by atoms with Gasteiger partial charge in [-0.2, -0.15) is 0 Å². The van der Waals surface area contributed by atoms with Gasteiger partial charge in [-0.05, 0) is 0 Å². The molecule has 0 bridgehead atoms. The lowest BCUT2D eigenvalue weighted by Gasteiger charge is -2.15. The molecule has 1 aromatic rings. The highest BCUT2D eigenvalue weighted by Gasteiger charge is 2.26. The molecular weight excluding hydrogens is 182 g/mol. The minimum atomic E-state index is -4.98. The largest absolute Gasteiger partial charge is 0.512 e. The van der Waals surface area contributed by atoms with Crippen LogP contribution in [0.2, 0.25) is 0 Å². The van der Waals surface area contributed by atoms with Crippen molar-refractivity contribution in [3.63, 3.8) is 0 Å². The molecule has 1 heterocycles. The number of halogens is 3. The molecule has 0 aliphatic carbocycles. The Balaban J connectivity index is 2.94. The summed E-state index contributed by atoms with van der Waals surface area (Å²) in [5, 5.41) is 0. The molecule has 0 aromatic carbocycles. The van der Waals surface area contributed by atoms with E-state index in [-0.39, 0.29) is 5.95 Å². The molecular formula is C6H8BF3N3-. The topological polar surface area (TPSA) is 29.0 Å². The molecule has 0 aliphatic rings. The second-order valence-electron chi connectivity index (χ2n) is 2.79. The fraction of sp³-hybridized carbons (Fsp3) is 0.333. The normalized spacial score (nSPS) is 11.5. The molecule has 0 N–H and O–H groups in total. The van der Waals surface area contributed by atoms with E-state index < -0.39 is 12.4 Å². The number of nitrogens with zero attached hydrogens (tertiary/aromatic N) is 3. The van der Waals surface area contributed by atoms with Crippen molar-refractivity contribution < 1.29 is 12.9 Å². The van der Waals surface area contributed by atoms with E-state index >= 15 is 0 Å². The smallest absolute Gasteiger partial charge is 0.445 e. The highest BCUT2D eigenvalue weighted by Crippen LogP contribution is 2.08. The van der Waals surface area contributed by atoms with Crippen LogP contribution in [0.5, 0.6) is 0 Å². The maximum atomic E-state index is 12.1. The van der Waals surface area contributed by atoms with Crippen LogP contribution in [0.4, 0.5) is 18.9 Å². The van der Waals surface area contributed by atoms with E-state index in [2.05, 4.69) is 9.97 Å². The van der Waals surface area contributed by atoms with E-state index in [1.54, 1.807) is 14.1 Å². The van der Waals surface area contributed by atoms with Gasteiger partial charge in [0.15, 0.2) is 0 Å². The Morgan fingerprint density at radius 2 is 1.62 bits per heavy atom. The van der Waals surface area contributed by atoms with Crippen LogP contribution in [0.15, 0.2) is 12.4 Å². The maximum Gasteiger partial charge on any atom is 0.512 e. The Labute approximate surface area is 73.7 Å². The van der Waals surface area contributed by atoms with Crippen molar-refractivity contribution in [1.82, 2.24) is 9.97 Å². The number of hydrogen-bond acceptors (Lipinski definition) is 3. The molecule has 1 aromatic heterocycles. The molecule has 1 rings (SSSR count). The van der Waals surface area contributed by atoms with Gasteiger partial charge in [0.25, 0.3) is 0 Å². The molecule has 0 aliphatic heterocycles. The quantitative estimate of drug-likeness (QED) is 0.639. The van der Waals surface area contributed by atoms with Gasteiger partial charge in [0.2, 0.25) is 5.95 Å². The Bertz CT molecular complexity index is 282. The molecule has 7 heteroatoms. The SMILES string of the molecule is CN(C)c1ncc([B-](F)(F)F)cn1. The summed E-state index contributed by atoms with van der Waals surface area (Å²) in [4.78, 5) is 8.65. The van der Waals surface area contributed by atoms with Crippen LogP contribution in [0.25, 0.3) is 0 Å². The molecule has 0 amide bonds. The molecule has 0 atom stereocenters. The predicted octanol–water partition coefficient (Wildman–Crippen LogP) is 0.597. The van der Waals surface area contributed by atoms with Crippen LogP contribution < -0.4 is 10.4 Å². The van der Waals surface area contributed by atoms with Crippen molar-refractivity contribution >= 4 is 18.4 Å². The summed E-state index contributed by atoms with van der Waals surface area (Å²) in [7, 11) is 3.32.